The van der Waals surface area contributed by atoms with Gasteiger partial charge in [0.25, 0.3) is 0 Å². The minimum Gasteiger partial charge on any atom is -0.315 e. The number of likely N-dealkylation sites (tertiary alicyclic amines) is 1. The van der Waals surface area contributed by atoms with Gasteiger partial charge in [-0.25, -0.2) is 0 Å². The molecular weight excluding hydrogens is 264 g/mol. The van der Waals surface area contributed by atoms with E-state index < -0.39 is 0 Å². The summed E-state index contributed by atoms with van der Waals surface area (Å²) < 4.78 is 0. The standard InChI is InChI=1S/C17H30N2S/c1-3-17(4-2)7-11-19(12-8-17)13-10-18-9-5-16-6-14-20-15-16/h6,14-15,18H,3-5,7-13H2,1-2H3. The third-order valence-electron chi connectivity index (χ3n) is 5.19. The lowest BCUT2D eigenvalue weighted by Crippen LogP contribution is -2.42. The Morgan fingerprint density at radius 2 is 1.95 bits per heavy atom. The lowest BCUT2D eigenvalue weighted by Gasteiger charge is -2.41. The Balaban J connectivity index is 1.55. The molecule has 0 aromatic carbocycles. The highest BCUT2D eigenvalue weighted by Crippen LogP contribution is 2.37. The van der Waals surface area contributed by atoms with E-state index in [4.69, 9.17) is 0 Å². The Morgan fingerprint density at radius 1 is 1.20 bits per heavy atom. The first kappa shape index (κ1) is 16.0. The summed E-state index contributed by atoms with van der Waals surface area (Å²) in [6.45, 7) is 10.8. The fourth-order valence-electron chi connectivity index (χ4n) is 3.24. The topological polar surface area (TPSA) is 15.3 Å². The Kier molecular flexibility index (Phi) is 6.53. The number of piperidine rings is 1. The molecule has 1 aromatic rings. The summed E-state index contributed by atoms with van der Waals surface area (Å²) in [4.78, 5) is 2.64. The van der Waals surface area contributed by atoms with Gasteiger partial charge in [-0.1, -0.05) is 26.7 Å². The van der Waals surface area contributed by atoms with E-state index in [1.807, 2.05) is 0 Å². The van der Waals surface area contributed by atoms with Crippen LogP contribution in [-0.2, 0) is 6.42 Å². The number of hydrogen-bond donors (Lipinski definition) is 1. The van der Waals surface area contributed by atoms with Gasteiger partial charge in [-0.3, -0.25) is 0 Å². The summed E-state index contributed by atoms with van der Waals surface area (Å²) >= 11 is 1.79. The van der Waals surface area contributed by atoms with Crippen LogP contribution >= 0.6 is 11.3 Å². The maximum atomic E-state index is 3.58. The number of hydrogen-bond acceptors (Lipinski definition) is 3. The van der Waals surface area contributed by atoms with Gasteiger partial charge in [0.15, 0.2) is 0 Å². The highest BCUT2D eigenvalue weighted by molar-refractivity contribution is 7.07. The summed E-state index contributed by atoms with van der Waals surface area (Å²) in [5.41, 5.74) is 2.12. The molecule has 1 fully saturated rings. The smallest absolute Gasteiger partial charge is 0.0107 e. The molecule has 1 aliphatic heterocycles. The highest BCUT2D eigenvalue weighted by atomic mass is 32.1. The second-order valence-electron chi connectivity index (χ2n) is 6.18. The second-order valence-corrected chi connectivity index (χ2v) is 6.96. The lowest BCUT2D eigenvalue weighted by atomic mass is 9.74. The van der Waals surface area contributed by atoms with Crippen molar-refractivity contribution in [1.82, 2.24) is 10.2 Å². The van der Waals surface area contributed by atoms with Crippen LogP contribution in [0.1, 0.15) is 45.1 Å². The largest absolute Gasteiger partial charge is 0.315 e. The summed E-state index contributed by atoms with van der Waals surface area (Å²) in [6.07, 6.45) is 6.68. The number of rotatable bonds is 8. The molecule has 2 heterocycles. The summed E-state index contributed by atoms with van der Waals surface area (Å²) in [7, 11) is 0. The van der Waals surface area contributed by atoms with Gasteiger partial charge in [-0.15, -0.1) is 0 Å². The van der Waals surface area contributed by atoms with Gasteiger partial charge in [-0.05, 0) is 66.7 Å². The molecule has 1 aliphatic rings. The van der Waals surface area contributed by atoms with E-state index in [1.54, 1.807) is 11.3 Å². The van der Waals surface area contributed by atoms with E-state index in [0.29, 0.717) is 5.41 Å². The van der Waals surface area contributed by atoms with Gasteiger partial charge in [0.05, 0.1) is 0 Å². The van der Waals surface area contributed by atoms with E-state index in [1.165, 1.54) is 50.9 Å². The molecule has 0 saturated carbocycles. The van der Waals surface area contributed by atoms with E-state index in [9.17, 15) is 0 Å². The van der Waals surface area contributed by atoms with Crippen LogP contribution in [0, 0.1) is 5.41 Å². The van der Waals surface area contributed by atoms with Gasteiger partial charge < -0.3 is 10.2 Å². The zero-order chi connectivity index (χ0) is 14.3. The van der Waals surface area contributed by atoms with Crippen LogP contribution in [0.4, 0.5) is 0 Å². The maximum absolute atomic E-state index is 3.58. The molecule has 114 valence electrons. The molecule has 0 spiro atoms. The molecule has 2 rings (SSSR count). The molecule has 1 N–H and O–H groups in total. The first-order valence-corrected chi connectivity index (χ1v) is 9.16. The quantitative estimate of drug-likeness (QED) is 0.734. The normalized spacial score (nSPS) is 19.3. The van der Waals surface area contributed by atoms with E-state index >= 15 is 0 Å². The minimum atomic E-state index is 0.656. The Bertz CT molecular complexity index is 347. The molecule has 3 heteroatoms. The Morgan fingerprint density at radius 3 is 2.55 bits per heavy atom. The Hall–Kier alpha value is -0.380. The zero-order valence-corrected chi connectivity index (χ0v) is 14.0. The van der Waals surface area contributed by atoms with Gasteiger partial charge >= 0.3 is 0 Å². The molecule has 0 amide bonds. The van der Waals surface area contributed by atoms with Crippen molar-refractivity contribution < 1.29 is 0 Å². The van der Waals surface area contributed by atoms with Crippen LogP contribution in [0.2, 0.25) is 0 Å². The van der Waals surface area contributed by atoms with Crippen LogP contribution in [0.15, 0.2) is 16.8 Å². The van der Waals surface area contributed by atoms with Crippen LogP contribution in [0.5, 0.6) is 0 Å². The molecule has 1 saturated heterocycles. The SMILES string of the molecule is CCC1(CC)CCN(CCNCCc2ccsc2)CC1. The maximum Gasteiger partial charge on any atom is 0.0107 e. The van der Waals surface area contributed by atoms with Crippen LogP contribution < -0.4 is 5.32 Å². The molecule has 0 bridgehead atoms. The van der Waals surface area contributed by atoms with Crippen LogP contribution in [0.25, 0.3) is 0 Å². The molecule has 0 unspecified atom stereocenters. The van der Waals surface area contributed by atoms with Gasteiger partial charge in [0.1, 0.15) is 0 Å². The fraction of sp³-hybridized carbons (Fsp3) is 0.765. The molecule has 1 aromatic heterocycles. The average Bonchev–Trinajstić information content (AvgIpc) is 3.01. The third kappa shape index (κ3) is 4.57. The van der Waals surface area contributed by atoms with Gasteiger partial charge in [-0.2, -0.15) is 11.3 Å². The van der Waals surface area contributed by atoms with Crippen molar-refractivity contribution >= 4 is 11.3 Å². The van der Waals surface area contributed by atoms with Crippen LogP contribution in [-0.4, -0.2) is 37.6 Å². The molecular formula is C17H30N2S. The number of nitrogens with zero attached hydrogens (tertiary/aromatic N) is 1. The lowest BCUT2D eigenvalue weighted by molar-refractivity contribution is 0.0961. The van der Waals surface area contributed by atoms with E-state index in [-0.39, 0.29) is 0 Å². The van der Waals surface area contributed by atoms with Crippen molar-refractivity contribution in [2.45, 2.75) is 46.0 Å². The molecule has 0 aliphatic carbocycles. The summed E-state index contributed by atoms with van der Waals surface area (Å²) in [5.74, 6) is 0. The predicted octanol–water partition coefficient (Wildman–Crippen LogP) is 3.78. The highest BCUT2D eigenvalue weighted by Gasteiger charge is 2.30. The monoisotopic (exact) mass is 294 g/mol. The Labute approximate surface area is 128 Å². The number of thiophene rings is 1. The summed E-state index contributed by atoms with van der Waals surface area (Å²) in [6, 6.07) is 2.23. The van der Waals surface area contributed by atoms with Crippen molar-refractivity contribution in [2.75, 3.05) is 32.7 Å². The van der Waals surface area contributed by atoms with Crippen molar-refractivity contribution in [3.8, 4) is 0 Å². The summed E-state index contributed by atoms with van der Waals surface area (Å²) in [5, 5.41) is 8.00. The zero-order valence-electron chi connectivity index (χ0n) is 13.2. The van der Waals surface area contributed by atoms with E-state index in [2.05, 4.69) is 40.9 Å². The molecule has 2 nitrogen and oxygen atoms in total. The molecule has 0 atom stereocenters. The number of nitrogens with one attached hydrogen (secondary N) is 1. The second kappa shape index (κ2) is 8.16. The van der Waals surface area contributed by atoms with Crippen LogP contribution in [0.3, 0.4) is 0 Å². The molecule has 20 heavy (non-hydrogen) atoms. The third-order valence-corrected chi connectivity index (χ3v) is 5.92. The average molecular weight is 295 g/mol. The molecule has 0 radical (unpaired) electrons. The predicted molar refractivity (Wildman–Crippen MR) is 89.6 cm³/mol. The van der Waals surface area contributed by atoms with Crippen molar-refractivity contribution in [3.63, 3.8) is 0 Å². The van der Waals surface area contributed by atoms with Gasteiger partial charge in [0.2, 0.25) is 0 Å². The first-order chi connectivity index (χ1) is 9.78. The van der Waals surface area contributed by atoms with Crippen molar-refractivity contribution in [3.05, 3.63) is 22.4 Å². The minimum absolute atomic E-state index is 0.656. The van der Waals surface area contributed by atoms with Crippen molar-refractivity contribution in [1.29, 1.82) is 0 Å². The van der Waals surface area contributed by atoms with E-state index in [0.717, 1.165) is 19.5 Å². The van der Waals surface area contributed by atoms with Crippen molar-refractivity contribution in [2.24, 2.45) is 5.41 Å². The fourth-order valence-corrected chi connectivity index (χ4v) is 3.94. The first-order valence-electron chi connectivity index (χ1n) is 8.22. The van der Waals surface area contributed by atoms with Gasteiger partial charge in [0, 0.05) is 13.1 Å².